The molecule has 0 unspecified atom stereocenters. The van der Waals surface area contributed by atoms with Crippen molar-refractivity contribution >= 4 is 0 Å². The molecule has 94 valence electrons. The summed E-state index contributed by atoms with van der Waals surface area (Å²) in [5.74, 6) is -0.896. The van der Waals surface area contributed by atoms with E-state index in [1.807, 2.05) is 0 Å². The summed E-state index contributed by atoms with van der Waals surface area (Å²) in [6, 6.07) is 2.12. The van der Waals surface area contributed by atoms with Gasteiger partial charge >= 0.3 is 6.18 Å². The van der Waals surface area contributed by atoms with Crippen molar-refractivity contribution in [3.63, 3.8) is 0 Å². The number of hydrogen-bond donors (Lipinski definition) is 1. The molecule has 2 N–H and O–H groups in total. The summed E-state index contributed by atoms with van der Waals surface area (Å²) in [4.78, 5) is 0. The lowest BCUT2D eigenvalue weighted by molar-refractivity contribution is -0.138. The number of halogens is 4. The fourth-order valence-electron chi connectivity index (χ4n) is 2.16. The Morgan fingerprint density at radius 2 is 1.88 bits per heavy atom. The normalized spacial score (nSPS) is 18.9. The molecule has 1 nitrogen and oxygen atoms in total. The largest absolute Gasteiger partial charge is 0.416 e. The topological polar surface area (TPSA) is 26.0 Å². The van der Waals surface area contributed by atoms with Crippen molar-refractivity contribution in [1.29, 1.82) is 0 Å². The quantitative estimate of drug-likeness (QED) is 0.793. The van der Waals surface area contributed by atoms with E-state index in [9.17, 15) is 17.6 Å². The van der Waals surface area contributed by atoms with Crippen LogP contribution in [0.5, 0.6) is 0 Å². The van der Waals surface area contributed by atoms with Gasteiger partial charge in [-0.05, 0) is 30.9 Å². The molecule has 1 atom stereocenters. The van der Waals surface area contributed by atoms with E-state index in [2.05, 4.69) is 0 Å². The van der Waals surface area contributed by atoms with E-state index in [1.165, 1.54) is 0 Å². The van der Waals surface area contributed by atoms with Crippen molar-refractivity contribution in [3.05, 3.63) is 35.1 Å². The maximum atomic E-state index is 13.6. The molecular weight excluding hydrogens is 234 g/mol. The predicted molar refractivity (Wildman–Crippen MR) is 55.7 cm³/mol. The Labute approximate surface area is 96.6 Å². The third-order valence-electron chi connectivity index (χ3n) is 3.35. The first-order chi connectivity index (χ1) is 7.91. The Hall–Kier alpha value is -1.10. The minimum atomic E-state index is -4.56. The SMILES string of the molecule is N[C@H](c1c(F)cccc1C(F)(F)F)C1CCC1. The summed E-state index contributed by atoms with van der Waals surface area (Å²) in [5.41, 5.74) is 4.43. The summed E-state index contributed by atoms with van der Waals surface area (Å²) in [5, 5.41) is 0. The Balaban J connectivity index is 2.43. The van der Waals surface area contributed by atoms with Crippen molar-refractivity contribution in [1.82, 2.24) is 0 Å². The molecule has 1 aromatic carbocycles. The van der Waals surface area contributed by atoms with Gasteiger partial charge in [0.1, 0.15) is 5.82 Å². The van der Waals surface area contributed by atoms with Crippen LogP contribution in [0.3, 0.4) is 0 Å². The fourth-order valence-corrected chi connectivity index (χ4v) is 2.16. The van der Waals surface area contributed by atoms with Crippen molar-refractivity contribution in [2.75, 3.05) is 0 Å². The van der Waals surface area contributed by atoms with Gasteiger partial charge in [0.05, 0.1) is 5.56 Å². The Kier molecular flexibility index (Phi) is 3.12. The molecule has 1 aliphatic carbocycles. The second-order valence-corrected chi connectivity index (χ2v) is 4.42. The van der Waals surface area contributed by atoms with Gasteiger partial charge in [0.15, 0.2) is 0 Å². The number of nitrogens with two attached hydrogens (primary N) is 1. The van der Waals surface area contributed by atoms with Crippen LogP contribution in [-0.2, 0) is 6.18 Å². The summed E-state index contributed by atoms with van der Waals surface area (Å²) in [7, 11) is 0. The Bertz CT molecular complexity index is 409. The molecule has 1 saturated carbocycles. The van der Waals surface area contributed by atoms with Gasteiger partial charge in [0.25, 0.3) is 0 Å². The third kappa shape index (κ3) is 2.29. The summed E-state index contributed by atoms with van der Waals surface area (Å²) >= 11 is 0. The molecule has 0 saturated heterocycles. The first kappa shape index (κ1) is 12.4. The smallest absolute Gasteiger partial charge is 0.324 e. The second-order valence-electron chi connectivity index (χ2n) is 4.42. The molecule has 17 heavy (non-hydrogen) atoms. The highest BCUT2D eigenvalue weighted by atomic mass is 19.4. The summed E-state index contributed by atoms with van der Waals surface area (Å²) in [6.07, 6.45) is -2.06. The fraction of sp³-hybridized carbons (Fsp3) is 0.500. The lowest BCUT2D eigenvalue weighted by atomic mass is 9.76. The highest BCUT2D eigenvalue weighted by molar-refractivity contribution is 5.34. The van der Waals surface area contributed by atoms with Crippen molar-refractivity contribution in [3.8, 4) is 0 Å². The van der Waals surface area contributed by atoms with Crippen LogP contribution in [-0.4, -0.2) is 0 Å². The van der Waals surface area contributed by atoms with Gasteiger partial charge in [-0.2, -0.15) is 13.2 Å². The maximum Gasteiger partial charge on any atom is 0.416 e. The third-order valence-corrected chi connectivity index (χ3v) is 3.35. The van der Waals surface area contributed by atoms with Crippen LogP contribution in [0.4, 0.5) is 17.6 Å². The van der Waals surface area contributed by atoms with Crippen LogP contribution >= 0.6 is 0 Å². The molecule has 0 bridgehead atoms. The highest BCUT2D eigenvalue weighted by Crippen LogP contribution is 2.42. The van der Waals surface area contributed by atoms with Gasteiger partial charge in [-0.25, -0.2) is 4.39 Å². The van der Waals surface area contributed by atoms with Crippen molar-refractivity contribution < 1.29 is 17.6 Å². The maximum absolute atomic E-state index is 13.6. The number of hydrogen-bond acceptors (Lipinski definition) is 1. The second kappa shape index (κ2) is 4.29. The molecule has 5 heteroatoms. The Morgan fingerprint density at radius 1 is 1.24 bits per heavy atom. The lowest BCUT2D eigenvalue weighted by Gasteiger charge is -2.32. The van der Waals surface area contributed by atoms with Crippen molar-refractivity contribution in [2.45, 2.75) is 31.5 Å². The molecule has 1 fully saturated rings. The van der Waals surface area contributed by atoms with Gasteiger partial charge in [-0.15, -0.1) is 0 Å². The van der Waals surface area contributed by atoms with Crippen molar-refractivity contribution in [2.24, 2.45) is 11.7 Å². The van der Waals surface area contributed by atoms with E-state index in [0.29, 0.717) is 0 Å². The molecule has 0 amide bonds. The number of rotatable bonds is 2. The average Bonchev–Trinajstić information content (AvgIpc) is 2.12. The van der Waals surface area contributed by atoms with E-state index in [1.54, 1.807) is 0 Å². The predicted octanol–water partition coefficient (Wildman–Crippen LogP) is 3.64. The zero-order valence-electron chi connectivity index (χ0n) is 9.10. The molecule has 2 rings (SSSR count). The minimum Gasteiger partial charge on any atom is -0.324 e. The zero-order chi connectivity index (χ0) is 12.6. The van der Waals surface area contributed by atoms with E-state index < -0.39 is 23.6 Å². The van der Waals surface area contributed by atoms with Gasteiger partial charge in [0.2, 0.25) is 0 Å². The molecule has 1 aromatic rings. The first-order valence-electron chi connectivity index (χ1n) is 5.52. The van der Waals surface area contributed by atoms with Crippen LogP contribution in [0.15, 0.2) is 18.2 Å². The Morgan fingerprint density at radius 3 is 2.35 bits per heavy atom. The molecule has 0 aliphatic heterocycles. The zero-order valence-corrected chi connectivity index (χ0v) is 9.10. The molecule has 0 radical (unpaired) electrons. The van der Waals surface area contributed by atoms with Gasteiger partial charge in [-0.1, -0.05) is 12.5 Å². The van der Waals surface area contributed by atoms with Crippen LogP contribution in [0, 0.1) is 11.7 Å². The van der Waals surface area contributed by atoms with E-state index in [-0.39, 0.29) is 11.5 Å². The molecular formula is C12H13F4N. The molecule has 1 aliphatic rings. The van der Waals surface area contributed by atoms with E-state index in [0.717, 1.165) is 37.5 Å². The van der Waals surface area contributed by atoms with Crippen LogP contribution in [0.25, 0.3) is 0 Å². The lowest BCUT2D eigenvalue weighted by Crippen LogP contribution is -2.30. The minimum absolute atomic E-state index is 0.0343. The number of alkyl halides is 3. The summed E-state index contributed by atoms with van der Waals surface area (Å²) < 4.78 is 51.8. The van der Waals surface area contributed by atoms with Gasteiger partial charge in [-0.3, -0.25) is 0 Å². The highest BCUT2D eigenvalue weighted by Gasteiger charge is 2.38. The van der Waals surface area contributed by atoms with Gasteiger partial charge in [0, 0.05) is 11.6 Å². The summed E-state index contributed by atoms with van der Waals surface area (Å²) in [6.45, 7) is 0. The number of benzene rings is 1. The monoisotopic (exact) mass is 247 g/mol. The molecule has 0 aromatic heterocycles. The van der Waals surface area contributed by atoms with E-state index >= 15 is 0 Å². The molecule has 0 spiro atoms. The van der Waals surface area contributed by atoms with E-state index in [4.69, 9.17) is 5.73 Å². The van der Waals surface area contributed by atoms with Crippen LogP contribution in [0.2, 0.25) is 0 Å². The standard InChI is InChI=1S/C12H13F4N/c13-9-6-2-5-8(12(14,15)16)10(9)11(17)7-3-1-4-7/h2,5-7,11H,1,3-4,17H2/t11-/m0/s1. The van der Waals surface area contributed by atoms with Crippen LogP contribution in [0.1, 0.15) is 36.4 Å². The average molecular weight is 247 g/mol. The molecule has 0 heterocycles. The first-order valence-corrected chi connectivity index (χ1v) is 5.52. The van der Waals surface area contributed by atoms with Gasteiger partial charge < -0.3 is 5.73 Å². The van der Waals surface area contributed by atoms with Crippen LogP contribution < -0.4 is 5.73 Å².